The Morgan fingerprint density at radius 1 is 1.14 bits per heavy atom. The smallest absolute Gasteiger partial charge is 0.404 e. The van der Waals surface area contributed by atoms with E-state index >= 15 is 0 Å². The Balaban J connectivity index is 2.08. The van der Waals surface area contributed by atoms with Crippen molar-refractivity contribution in [1.82, 2.24) is 10.0 Å². The predicted octanol–water partition coefficient (Wildman–Crippen LogP) is 3.23. The molecule has 1 saturated carbocycles. The van der Waals surface area contributed by atoms with Crippen LogP contribution < -0.4 is 15.8 Å². The number of benzene rings is 1. The van der Waals surface area contributed by atoms with E-state index in [1.165, 1.54) is 12.1 Å². The molecule has 1 fully saturated rings. The Hall–Kier alpha value is -2.29. The predicted molar refractivity (Wildman–Crippen MR) is 110 cm³/mol. The third kappa shape index (κ3) is 6.92. The van der Waals surface area contributed by atoms with Crippen LogP contribution in [0.2, 0.25) is 0 Å². The molecular formula is C20H31N3O5S. The number of sulfonamides is 1. The van der Waals surface area contributed by atoms with Crippen molar-refractivity contribution in [3.05, 3.63) is 29.8 Å². The first kappa shape index (κ1) is 23.0. The highest BCUT2D eigenvalue weighted by atomic mass is 32.2. The van der Waals surface area contributed by atoms with Gasteiger partial charge in [0.1, 0.15) is 6.61 Å². The normalized spacial score (nSPS) is 16.7. The maximum Gasteiger partial charge on any atom is 0.404 e. The second kappa shape index (κ2) is 9.47. The minimum absolute atomic E-state index is 0.0106. The molecule has 1 aliphatic rings. The number of carbonyl (C=O) groups excluding carboxylic acids is 2. The summed E-state index contributed by atoms with van der Waals surface area (Å²) in [6, 6.07) is 5.51. The zero-order valence-corrected chi connectivity index (χ0v) is 18.1. The zero-order chi connectivity index (χ0) is 21.7. The SMILES string of the molecule is CC(C)(C)C(COC(N)=O)c1ccc(S(=O)(=O)NC(=O)NC2CCCCC2)cc1. The Kier molecular flexibility index (Phi) is 7.51. The average molecular weight is 426 g/mol. The molecule has 3 amide bonds. The molecule has 4 N–H and O–H groups in total. The topological polar surface area (TPSA) is 128 Å². The van der Waals surface area contributed by atoms with Gasteiger partial charge in [-0.2, -0.15) is 0 Å². The van der Waals surface area contributed by atoms with Crippen LogP contribution in [0.15, 0.2) is 29.2 Å². The van der Waals surface area contributed by atoms with Crippen LogP contribution in [-0.2, 0) is 14.8 Å². The van der Waals surface area contributed by atoms with Gasteiger partial charge in [-0.15, -0.1) is 0 Å². The third-order valence-electron chi connectivity index (χ3n) is 5.20. The molecule has 0 bridgehead atoms. The van der Waals surface area contributed by atoms with Gasteiger partial charge in [0.25, 0.3) is 10.0 Å². The number of amides is 3. The van der Waals surface area contributed by atoms with Crippen LogP contribution in [0.1, 0.15) is 64.4 Å². The van der Waals surface area contributed by atoms with Crippen LogP contribution in [0.5, 0.6) is 0 Å². The molecule has 8 nitrogen and oxygen atoms in total. The molecule has 0 spiro atoms. The summed E-state index contributed by atoms with van der Waals surface area (Å²) in [5.41, 5.74) is 5.64. The summed E-state index contributed by atoms with van der Waals surface area (Å²) in [5.74, 6) is -0.172. The molecule has 9 heteroatoms. The second-order valence-corrected chi connectivity index (χ2v) is 10.2. The van der Waals surface area contributed by atoms with E-state index in [9.17, 15) is 18.0 Å². The first-order chi connectivity index (χ1) is 13.5. The van der Waals surface area contributed by atoms with Crippen molar-refractivity contribution in [2.24, 2.45) is 11.1 Å². The van der Waals surface area contributed by atoms with E-state index < -0.39 is 22.1 Å². The first-order valence-corrected chi connectivity index (χ1v) is 11.3. The van der Waals surface area contributed by atoms with Crippen LogP contribution in [0.3, 0.4) is 0 Å². The summed E-state index contributed by atoms with van der Waals surface area (Å²) in [7, 11) is -3.98. The molecule has 0 radical (unpaired) electrons. The maximum atomic E-state index is 12.5. The van der Waals surface area contributed by atoms with E-state index in [2.05, 4.69) is 10.0 Å². The van der Waals surface area contributed by atoms with Gasteiger partial charge in [-0.25, -0.2) is 22.7 Å². The fourth-order valence-electron chi connectivity index (χ4n) is 3.53. The van der Waals surface area contributed by atoms with Crippen molar-refractivity contribution < 1.29 is 22.7 Å². The lowest BCUT2D eigenvalue weighted by Crippen LogP contribution is -2.45. The van der Waals surface area contributed by atoms with Crippen molar-refractivity contribution >= 4 is 22.1 Å². The molecule has 162 valence electrons. The number of rotatable bonds is 6. The van der Waals surface area contributed by atoms with Gasteiger partial charge in [-0.3, -0.25) is 0 Å². The average Bonchev–Trinajstić information content (AvgIpc) is 2.61. The minimum Gasteiger partial charge on any atom is -0.449 e. The molecule has 1 atom stereocenters. The van der Waals surface area contributed by atoms with Gasteiger partial charge in [0.15, 0.2) is 0 Å². The Bertz CT molecular complexity index is 810. The third-order valence-corrected chi connectivity index (χ3v) is 6.54. The van der Waals surface area contributed by atoms with E-state index in [4.69, 9.17) is 10.5 Å². The molecule has 0 saturated heterocycles. The molecule has 0 aliphatic heterocycles. The minimum atomic E-state index is -3.98. The Morgan fingerprint density at radius 2 is 1.72 bits per heavy atom. The van der Waals surface area contributed by atoms with Crippen LogP contribution in [0.4, 0.5) is 9.59 Å². The maximum absolute atomic E-state index is 12.5. The van der Waals surface area contributed by atoms with E-state index in [0.29, 0.717) is 0 Å². The van der Waals surface area contributed by atoms with E-state index in [1.807, 2.05) is 20.8 Å². The highest BCUT2D eigenvalue weighted by Gasteiger charge is 2.28. The van der Waals surface area contributed by atoms with E-state index in [0.717, 1.165) is 37.7 Å². The lowest BCUT2D eigenvalue weighted by atomic mass is 9.77. The monoisotopic (exact) mass is 425 g/mol. The van der Waals surface area contributed by atoms with Crippen molar-refractivity contribution in [3.63, 3.8) is 0 Å². The van der Waals surface area contributed by atoms with E-state index in [-0.39, 0.29) is 28.9 Å². The summed E-state index contributed by atoms with van der Waals surface area (Å²) in [6.45, 7) is 6.06. The van der Waals surface area contributed by atoms with Crippen LogP contribution in [-0.4, -0.2) is 33.2 Å². The molecule has 29 heavy (non-hydrogen) atoms. The molecule has 1 unspecified atom stereocenters. The van der Waals surface area contributed by atoms with Crippen molar-refractivity contribution in [1.29, 1.82) is 0 Å². The number of nitrogens with one attached hydrogen (secondary N) is 2. The zero-order valence-electron chi connectivity index (χ0n) is 17.2. The van der Waals surface area contributed by atoms with Gasteiger partial charge < -0.3 is 15.8 Å². The highest BCUT2D eigenvalue weighted by Crippen LogP contribution is 2.35. The summed E-state index contributed by atoms with van der Waals surface area (Å²) >= 11 is 0. The van der Waals surface area contributed by atoms with E-state index in [1.54, 1.807) is 12.1 Å². The molecular weight excluding hydrogens is 394 g/mol. The summed E-state index contributed by atoms with van der Waals surface area (Å²) < 4.78 is 32.1. The van der Waals surface area contributed by atoms with Gasteiger partial charge in [-0.1, -0.05) is 52.2 Å². The number of ether oxygens (including phenoxy) is 1. The van der Waals surface area contributed by atoms with Crippen LogP contribution >= 0.6 is 0 Å². The fourth-order valence-corrected chi connectivity index (χ4v) is 4.45. The second-order valence-electron chi connectivity index (χ2n) is 8.53. The van der Waals surface area contributed by atoms with Crippen molar-refractivity contribution in [2.75, 3.05) is 6.61 Å². The molecule has 0 heterocycles. The molecule has 2 rings (SSSR count). The number of primary amides is 1. The summed E-state index contributed by atoms with van der Waals surface area (Å²) in [5, 5.41) is 2.73. The summed E-state index contributed by atoms with van der Waals surface area (Å²) in [6.07, 6.45) is 4.09. The number of nitrogens with two attached hydrogens (primary N) is 1. The van der Waals surface area contributed by atoms with Gasteiger partial charge in [-0.05, 0) is 36.0 Å². The Labute approximate surface area is 172 Å². The van der Waals surface area contributed by atoms with Crippen LogP contribution in [0, 0.1) is 5.41 Å². The van der Waals surface area contributed by atoms with Crippen LogP contribution in [0.25, 0.3) is 0 Å². The van der Waals surface area contributed by atoms with Gasteiger partial charge >= 0.3 is 12.1 Å². The quantitative estimate of drug-likeness (QED) is 0.645. The van der Waals surface area contributed by atoms with Gasteiger partial charge in [0.05, 0.1) is 4.90 Å². The number of hydrogen-bond donors (Lipinski definition) is 3. The number of carbonyl (C=O) groups is 2. The van der Waals surface area contributed by atoms with Gasteiger partial charge in [0.2, 0.25) is 0 Å². The van der Waals surface area contributed by atoms with Gasteiger partial charge in [0, 0.05) is 12.0 Å². The van der Waals surface area contributed by atoms with Crippen molar-refractivity contribution in [3.8, 4) is 0 Å². The lowest BCUT2D eigenvalue weighted by molar-refractivity contribution is 0.126. The Morgan fingerprint density at radius 3 is 2.24 bits per heavy atom. The molecule has 1 aromatic rings. The molecule has 1 aromatic carbocycles. The van der Waals surface area contributed by atoms with Crippen molar-refractivity contribution in [2.45, 2.75) is 69.7 Å². The largest absolute Gasteiger partial charge is 0.449 e. The molecule has 0 aromatic heterocycles. The fraction of sp³-hybridized carbons (Fsp3) is 0.600. The molecule has 1 aliphatic carbocycles. The lowest BCUT2D eigenvalue weighted by Gasteiger charge is -2.30. The number of urea groups is 1. The standard InChI is InChI=1S/C20H31N3O5S/c1-20(2,3)17(13-28-18(21)24)14-9-11-16(12-10-14)29(26,27)23-19(25)22-15-7-5-4-6-8-15/h9-12,15,17H,4-8,13H2,1-3H3,(H2,21,24)(H2,22,23,25). The first-order valence-electron chi connectivity index (χ1n) is 9.84. The summed E-state index contributed by atoms with van der Waals surface area (Å²) in [4.78, 5) is 23.1. The highest BCUT2D eigenvalue weighted by molar-refractivity contribution is 7.90. The number of hydrogen-bond acceptors (Lipinski definition) is 5.